The third kappa shape index (κ3) is 4.51. The van der Waals surface area contributed by atoms with Crippen LogP contribution in [0.4, 0.5) is 0 Å². The van der Waals surface area contributed by atoms with Gasteiger partial charge in [-0.1, -0.05) is 54.9 Å². The van der Waals surface area contributed by atoms with Crippen LogP contribution in [-0.2, 0) is 6.61 Å². The maximum Gasteiger partial charge on any atom is 0.274 e. The first-order valence-corrected chi connectivity index (χ1v) is 12.8. The Balaban J connectivity index is 1.21. The summed E-state index contributed by atoms with van der Waals surface area (Å²) in [5.41, 5.74) is 2.24. The van der Waals surface area contributed by atoms with Crippen molar-refractivity contribution in [2.75, 3.05) is 7.05 Å². The Morgan fingerprint density at radius 2 is 1.95 bits per heavy atom. The van der Waals surface area contributed by atoms with Crippen molar-refractivity contribution >= 4 is 29.0 Å². The first-order valence-electron chi connectivity index (χ1n) is 12.5. The van der Waals surface area contributed by atoms with Crippen LogP contribution in [0.15, 0.2) is 64.5 Å². The predicted molar refractivity (Wildman–Crippen MR) is 143 cm³/mol. The average Bonchev–Trinajstić information content (AvgIpc) is 3.60. The number of rotatable bonds is 7. The molecule has 1 amide bonds. The quantitative estimate of drug-likeness (QED) is 0.375. The van der Waals surface area contributed by atoms with Crippen molar-refractivity contribution in [2.24, 2.45) is 16.9 Å². The van der Waals surface area contributed by atoms with Gasteiger partial charge < -0.3 is 10.1 Å². The molecule has 2 atom stereocenters. The fourth-order valence-corrected chi connectivity index (χ4v) is 5.05. The molecule has 2 unspecified atom stereocenters. The van der Waals surface area contributed by atoms with Crippen molar-refractivity contribution in [1.29, 1.82) is 0 Å². The lowest BCUT2D eigenvalue weighted by Gasteiger charge is -2.25. The maximum atomic E-state index is 13.4. The molecule has 6 rings (SSSR count). The maximum absolute atomic E-state index is 13.4. The highest BCUT2D eigenvalue weighted by atomic mass is 35.5. The molecule has 2 aromatic carbocycles. The lowest BCUT2D eigenvalue weighted by Crippen LogP contribution is -2.46. The number of nitrogens with one attached hydrogen (secondary N) is 2. The first kappa shape index (κ1) is 24.2. The summed E-state index contributed by atoms with van der Waals surface area (Å²) in [6.07, 6.45) is 2.02. The van der Waals surface area contributed by atoms with E-state index in [1.54, 1.807) is 23.2 Å². The fourth-order valence-electron chi connectivity index (χ4n) is 4.80. The molecule has 0 spiro atoms. The highest BCUT2D eigenvalue weighted by Gasteiger charge is 2.41. The summed E-state index contributed by atoms with van der Waals surface area (Å²) in [7, 11) is 1.86. The van der Waals surface area contributed by atoms with E-state index in [-0.39, 0.29) is 46.5 Å². The molecule has 0 bridgehead atoms. The Kier molecular flexibility index (Phi) is 6.11. The number of hydrogen-bond acceptors (Lipinski definition) is 7. The van der Waals surface area contributed by atoms with E-state index in [1.165, 1.54) is 10.6 Å². The Morgan fingerprint density at radius 3 is 2.71 bits per heavy atom. The highest BCUT2D eigenvalue weighted by Crippen LogP contribution is 2.37. The largest absolute Gasteiger partial charge is 0.486 e. The van der Waals surface area contributed by atoms with Crippen molar-refractivity contribution in [3.8, 4) is 17.1 Å². The summed E-state index contributed by atoms with van der Waals surface area (Å²) in [5, 5.41) is 12.8. The van der Waals surface area contributed by atoms with Gasteiger partial charge in [0.1, 0.15) is 18.5 Å². The average molecular weight is 532 g/mol. The van der Waals surface area contributed by atoms with E-state index >= 15 is 0 Å². The van der Waals surface area contributed by atoms with Crippen molar-refractivity contribution in [1.82, 2.24) is 29.9 Å². The normalized spacial score (nSPS) is 19.0. The van der Waals surface area contributed by atoms with Crippen LogP contribution in [0.1, 0.15) is 35.8 Å². The Bertz CT molecular complexity index is 1610. The van der Waals surface area contributed by atoms with Gasteiger partial charge in [0, 0.05) is 30.3 Å². The van der Waals surface area contributed by atoms with Gasteiger partial charge in [-0.05, 0) is 30.9 Å². The standard InChI is InChI=1S/C27H26ClN7O3/c1-15-23(16-11-12-16)32-34(2)25(15)31-26(37)22-19(28)9-6-10-20(22)38-14-18-13-21(36)35-27(29-18)30-24(33-35)17-7-4-3-5-8-17/h3-10,13,15-16,25H,11-12,14H2,1-2H3,(H,31,37)(H,29,30,33). The third-order valence-corrected chi connectivity index (χ3v) is 7.21. The second-order valence-electron chi connectivity index (χ2n) is 9.64. The van der Waals surface area contributed by atoms with Crippen LogP contribution in [0.3, 0.4) is 0 Å². The first-order chi connectivity index (χ1) is 18.4. The minimum Gasteiger partial charge on any atom is -0.486 e. The van der Waals surface area contributed by atoms with Crippen LogP contribution in [0.5, 0.6) is 5.75 Å². The summed E-state index contributed by atoms with van der Waals surface area (Å²) in [6.45, 7) is 2.03. The number of amides is 1. The molecule has 1 aliphatic heterocycles. The number of benzene rings is 2. The molecule has 0 saturated heterocycles. The van der Waals surface area contributed by atoms with Gasteiger partial charge in [0.05, 0.1) is 16.3 Å². The van der Waals surface area contributed by atoms with E-state index in [1.807, 2.05) is 37.4 Å². The molecule has 2 aliphatic rings. The van der Waals surface area contributed by atoms with E-state index in [9.17, 15) is 9.59 Å². The minimum absolute atomic E-state index is 0.0471. The summed E-state index contributed by atoms with van der Waals surface area (Å²) in [6, 6.07) is 15.9. The summed E-state index contributed by atoms with van der Waals surface area (Å²) in [4.78, 5) is 35.0. The topological polar surface area (TPSA) is 117 Å². The summed E-state index contributed by atoms with van der Waals surface area (Å²) >= 11 is 6.45. The smallest absolute Gasteiger partial charge is 0.274 e. The molecule has 0 radical (unpaired) electrons. The number of fused-ring (bicyclic) bond motifs is 1. The van der Waals surface area contributed by atoms with Gasteiger partial charge in [-0.25, -0.2) is 4.98 Å². The molecule has 11 heteroatoms. The molecule has 194 valence electrons. The van der Waals surface area contributed by atoms with Crippen molar-refractivity contribution < 1.29 is 9.53 Å². The lowest BCUT2D eigenvalue weighted by atomic mass is 9.99. The number of nitrogens with zero attached hydrogens (tertiary/aromatic N) is 5. The van der Waals surface area contributed by atoms with Crippen LogP contribution in [0, 0.1) is 11.8 Å². The monoisotopic (exact) mass is 531 g/mol. The Morgan fingerprint density at radius 1 is 1.16 bits per heavy atom. The van der Waals surface area contributed by atoms with Gasteiger partial charge in [0.15, 0.2) is 5.82 Å². The number of aromatic amines is 1. The molecule has 10 nitrogen and oxygen atoms in total. The fraction of sp³-hybridized carbons (Fsp3) is 0.296. The van der Waals surface area contributed by atoms with E-state index in [2.05, 4.69) is 32.4 Å². The molecule has 2 aromatic heterocycles. The predicted octanol–water partition coefficient (Wildman–Crippen LogP) is 3.72. The van der Waals surface area contributed by atoms with Crippen LogP contribution in [0.25, 0.3) is 17.2 Å². The number of H-pyrrole nitrogens is 1. The SMILES string of the molecule is CC1C(C2CC2)=NN(C)C1NC(=O)c1c(Cl)cccc1OCc1cc(=O)n2[nH]c(-c3ccccc3)nc2n1. The zero-order valence-corrected chi connectivity index (χ0v) is 21.6. The zero-order chi connectivity index (χ0) is 26.4. The van der Waals surface area contributed by atoms with E-state index in [0.29, 0.717) is 23.2 Å². The van der Waals surface area contributed by atoms with Crippen LogP contribution in [-0.4, -0.2) is 49.4 Å². The number of ether oxygens (including phenoxy) is 1. The number of hydrazone groups is 1. The van der Waals surface area contributed by atoms with Gasteiger partial charge in [0.2, 0.25) is 0 Å². The van der Waals surface area contributed by atoms with E-state index in [0.717, 1.165) is 24.1 Å². The van der Waals surface area contributed by atoms with E-state index in [4.69, 9.17) is 16.3 Å². The molecular formula is C27H26ClN7O3. The van der Waals surface area contributed by atoms with Gasteiger partial charge in [-0.2, -0.15) is 14.6 Å². The summed E-state index contributed by atoms with van der Waals surface area (Å²) in [5.74, 6) is 1.30. The molecule has 1 saturated carbocycles. The van der Waals surface area contributed by atoms with Gasteiger partial charge in [-0.15, -0.1) is 0 Å². The number of carbonyl (C=O) groups excluding carboxylic acids is 1. The molecular weight excluding hydrogens is 506 g/mol. The number of carbonyl (C=O) groups is 1. The van der Waals surface area contributed by atoms with Gasteiger partial charge >= 0.3 is 0 Å². The van der Waals surface area contributed by atoms with Gasteiger partial charge in [0.25, 0.3) is 17.2 Å². The Labute approximate surface area is 223 Å². The third-order valence-electron chi connectivity index (χ3n) is 6.90. The molecule has 1 aliphatic carbocycles. The van der Waals surface area contributed by atoms with Crippen LogP contribution < -0.4 is 15.6 Å². The second-order valence-corrected chi connectivity index (χ2v) is 10.0. The second kappa shape index (κ2) is 9.60. The molecule has 1 fully saturated rings. The van der Waals surface area contributed by atoms with Gasteiger partial charge in [-0.3, -0.25) is 19.7 Å². The molecule has 4 aromatic rings. The number of hydrogen-bond donors (Lipinski definition) is 2. The summed E-state index contributed by atoms with van der Waals surface area (Å²) < 4.78 is 7.25. The van der Waals surface area contributed by atoms with Crippen molar-refractivity contribution in [2.45, 2.75) is 32.5 Å². The van der Waals surface area contributed by atoms with E-state index < -0.39 is 0 Å². The lowest BCUT2D eigenvalue weighted by molar-refractivity contribution is 0.0867. The molecule has 38 heavy (non-hydrogen) atoms. The zero-order valence-electron chi connectivity index (χ0n) is 20.9. The van der Waals surface area contributed by atoms with Crippen molar-refractivity contribution in [3.05, 3.63) is 81.2 Å². The Hall–Kier alpha value is -4.18. The number of aromatic nitrogens is 4. The molecule has 3 heterocycles. The van der Waals surface area contributed by atoms with Crippen LogP contribution in [0.2, 0.25) is 5.02 Å². The minimum atomic E-state index is -0.357. The number of halogens is 1. The van der Waals surface area contributed by atoms with Crippen molar-refractivity contribution in [3.63, 3.8) is 0 Å². The highest BCUT2D eigenvalue weighted by molar-refractivity contribution is 6.34. The molecule has 2 N–H and O–H groups in total. The van der Waals surface area contributed by atoms with Crippen LogP contribution >= 0.6 is 11.6 Å².